The predicted molar refractivity (Wildman–Crippen MR) is 96.2 cm³/mol. The molecule has 2 fully saturated rings. The van der Waals surface area contributed by atoms with Gasteiger partial charge >= 0.3 is 0 Å². The van der Waals surface area contributed by atoms with Gasteiger partial charge in [0.2, 0.25) is 5.91 Å². The molecular weight excluding hydrogens is 306 g/mol. The van der Waals surface area contributed by atoms with E-state index in [1.54, 1.807) is 0 Å². The number of thioether (sulfide) groups is 1. The van der Waals surface area contributed by atoms with Crippen molar-refractivity contribution in [2.45, 2.75) is 38.4 Å². The van der Waals surface area contributed by atoms with Crippen molar-refractivity contribution in [3.05, 3.63) is 35.4 Å². The number of carbonyl (C=O) groups is 1. The van der Waals surface area contributed by atoms with Crippen LogP contribution in [0.1, 0.15) is 30.4 Å². The summed E-state index contributed by atoms with van der Waals surface area (Å²) in [5.41, 5.74) is 8.15. The number of piperidine rings is 1. The quantitative estimate of drug-likeness (QED) is 0.836. The Morgan fingerprint density at radius 3 is 3.00 bits per heavy atom. The standard InChI is InChI=1S/C18H27N3OS/c19-18(22)16-5-2-7-21(12-16)11-15-4-1-3-14(9-15)10-20-17-6-8-23-13-17/h1,3-4,9,16-17,20H,2,5-8,10-13H2,(H2,19,22). The lowest BCUT2D eigenvalue weighted by molar-refractivity contribution is -0.123. The molecule has 2 aliphatic heterocycles. The number of amides is 1. The number of carbonyl (C=O) groups excluding carboxylic acids is 1. The van der Waals surface area contributed by atoms with Crippen LogP contribution in [-0.4, -0.2) is 41.4 Å². The number of nitrogens with zero attached hydrogens (tertiary/aromatic N) is 1. The summed E-state index contributed by atoms with van der Waals surface area (Å²) in [5.74, 6) is 2.39. The van der Waals surface area contributed by atoms with E-state index in [0.29, 0.717) is 6.04 Å². The summed E-state index contributed by atoms with van der Waals surface area (Å²) in [4.78, 5) is 13.8. The lowest BCUT2D eigenvalue weighted by Gasteiger charge is -2.31. The Hall–Kier alpha value is -1.04. The van der Waals surface area contributed by atoms with Gasteiger partial charge in [0.05, 0.1) is 5.92 Å². The van der Waals surface area contributed by atoms with Crippen LogP contribution < -0.4 is 11.1 Å². The van der Waals surface area contributed by atoms with Gasteiger partial charge < -0.3 is 11.1 Å². The average molecular weight is 334 g/mol. The van der Waals surface area contributed by atoms with Gasteiger partial charge in [-0.25, -0.2) is 0 Å². The van der Waals surface area contributed by atoms with E-state index in [4.69, 9.17) is 5.73 Å². The normalized spacial score (nSPS) is 25.6. The van der Waals surface area contributed by atoms with Crippen molar-refractivity contribution in [2.24, 2.45) is 11.7 Å². The Kier molecular flexibility index (Phi) is 5.97. The molecule has 0 aliphatic carbocycles. The Bertz CT molecular complexity index is 531. The van der Waals surface area contributed by atoms with E-state index in [0.717, 1.165) is 39.0 Å². The van der Waals surface area contributed by atoms with E-state index in [-0.39, 0.29) is 11.8 Å². The van der Waals surface area contributed by atoms with Gasteiger partial charge in [-0.15, -0.1) is 0 Å². The molecular formula is C18H27N3OS. The molecule has 0 saturated carbocycles. The van der Waals surface area contributed by atoms with E-state index in [9.17, 15) is 4.79 Å². The second kappa shape index (κ2) is 8.18. The van der Waals surface area contributed by atoms with Gasteiger partial charge in [0.25, 0.3) is 0 Å². The van der Waals surface area contributed by atoms with Crippen LogP contribution in [0, 0.1) is 5.92 Å². The molecule has 1 aromatic rings. The topological polar surface area (TPSA) is 58.4 Å². The summed E-state index contributed by atoms with van der Waals surface area (Å²) in [6, 6.07) is 9.49. The largest absolute Gasteiger partial charge is 0.369 e. The highest BCUT2D eigenvalue weighted by molar-refractivity contribution is 7.99. The maximum atomic E-state index is 11.4. The molecule has 0 bridgehead atoms. The summed E-state index contributed by atoms with van der Waals surface area (Å²) < 4.78 is 0. The number of nitrogens with one attached hydrogen (secondary N) is 1. The molecule has 0 aromatic heterocycles. The first-order chi connectivity index (χ1) is 11.2. The third-order valence-electron chi connectivity index (χ3n) is 4.83. The van der Waals surface area contributed by atoms with Crippen LogP contribution in [0.25, 0.3) is 0 Å². The van der Waals surface area contributed by atoms with Crippen LogP contribution in [0.3, 0.4) is 0 Å². The SMILES string of the molecule is NC(=O)C1CCCN(Cc2cccc(CNC3CCSC3)c2)C1. The minimum atomic E-state index is -0.151. The Morgan fingerprint density at radius 2 is 2.22 bits per heavy atom. The molecule has 2 unspecified atom stereocenters. The predicted octanol–water partition coefficient (Wildman–Crippen LogP) is 1.98. The fraction of sp³-hybridized carbons (Fsp3) is 0.611. The van der Waals surface area contributed by atoms with Crippen LogP contribution in [0.15, 0.2) is 24.3 Å². The molecule has 2 atom stereocenters. The maximum absolute atomic E-state index is 11.4. The van der Waals surface area contributed by atoms with Crippen LogP contribution in [0.5, 0.6) is 0 Å². The van der Waals surface area contributed by atoms with Crippen LogP contribution in [0.4, 0.5) is 0 Å². The van der Waals surface area contributed by atoms with E-state index in [2.05, 4.69) is 34.5 Å². The van der Waals surface area contributed by atoms with Gasteiger partial charge in [0, 0.05) is 31.4 Å². The van der Waals surface area contributed by atoms with E-state index < -0.39 is 0 Å². The van der Waals surface area contributed by atoms with Crippen LogP contribution >= 0.6 is 11.8 Å². The van der Waals surface area contributed by atoms with Crippen molar-refractivity contribution >= 4 is 17.7 Å². The first-order valence-electron chi connectivity index (χ1n) is 8.61. The molecule has 1 amide bonds. The lowest BCUT2D eigenvalue weighted by atomic mass is 9.97. The molecule has 5 heteroatoms. The summed E-state index contributed by atoms with van der Waals surface area (Å²) in [5, 5.41) is 3.66. The fourth-order valence-corrected chi connectivity index (χ4v) is 4.67. The van der Waals surface area contributed by atoms with Crippen LogP contribution in [0.2, 0.25) is 0 Å². The highest BCUT2D eigenvalue weighted by Gasteiger charge is 2.23. The van der Waals surface area contributed by atoms with Gasteiger partial charge in [-0.05, 0) is 42.7 Å². The molecule has 126 valence electrons. The zero-order chi connectivity index (χ0) is 16.1. The molecule has 1 aromatic carbocycles. The van der Waals surface area contributed by atoms with Crippen molar-refractivity contribution in [1.29, 1.82) is 0 Å². The molecule has 2 aliphatic rings. The zero-order valence-electron chi connectivity index (χ0n) is 13.7. The van der Waals surface area contributed by atoms with Crippen molar-refractivity contribution in [2.75, 3.05) is 24.6 Å². The Labute approximate surface area is 143 Å². The molecule has 23 heavy (non-hydrogen) atoms. The molecule has 3 N–H and O–H groups in total. The number of likely N-dealkylation sites (tertiary alicyclic amines) is 1. The number of rotatable bonds is 6. The van der Waals surface area contributed by atoms with Crippen molar-refractivity contribution in [3.63, 3.8) is 0 Å². The molecule has 0 radical (unpaired) electrons. The fourth-order valence-electron chi connectivity index (χ4n) is 3.49. The maximum Gasteiger partial charge on any atom is 0.221 e. The second-order valence-electron chi connectivity index (χ2n) is 6.74. The summed E-state index contributed by atoms with van der Waals surface area (Å²) in [6.07, 6.45) is 3.29. The number of hydrogen-bond donors (Lipinski definition) is 2. The molecule has 2 heterocycles. The minimum Gasteiger partial charge on any atom is -0.369 e. The third-order valence-corrected chi connectivity index (χ3v) is 5.99. The van der Waals surface area contributed by atoms with E-state index in [1.807, 2.05) is 11.8 Å². The highest BCUT2D eigenvalue weighted by atomic mass is 32.2. The summed E-state index contributed by atoms with van der Waals surface area (Å²) in [6.45, 7) is 3.72. The molecule has 0 spiro atoms. The number of primary amides is 1. The minimum absolute atomic E-state index is 0.0217. The van der Waals surface area contributed by atoms with Crippen LogP contribution in [-0.2, 0) is 17.9 Å². The van der Waals surface area contributed by atoms with Gasteiger partial charge in [-0.3, -0.25) is 9.69 Å². The van der Waals surface area contributed by atoms with Crippen molar-refractivity contribution < 1.29 is 4.79 Å². The molecule has 3 rings (SSSR count). The van der Waals surface area contributed by atoms with E-state index >= 15 is 0 Å². The summed E-state index contributed by atoms with van der Waals surface area (Å²) in [7, 11) is 0. The lowest BCUT2D eigenvalue weighted by Crippen LogP contribution is -2.40. The second-order valence-corrected chi connectivity index (χ2v) is 7.89. The number of hydrogen-bond acceptors (Lipinski definition) is 4. The zero-order valence-corrected chi connectivity index (χ0v) is 14.5. The van der Waals surface area contributed by atoms with Gasteiger partial charge in [-0.2, -0.15) is 11.8 Å². The number of nitrogens with two attached hydrogens (primary N) is 1. The van der Waals surface area contributed by atoms with Crippen molar-refractivity contribution in [3.8, 4) is 0 Å². The third kappa shape index (κ3) is 4.96. The number of benzene rings is 1. The Morgan fingerprint density at radius 1 is 1.35 bits per heavy atom. The smallest absolute Gasteiger partial charge is 0.221 e. The monoisotopic (exact) mass is 333 g/mol. The molecule has 4 nitrogen and oxygen atoms in total. The first-order valence-corrected chi connectivity index (χ1v) is 9.77. The van der Waals surface area contributed by atoms with Crippen molar-refractivity contribution in [1.82, 2.24) is 10.2 Å². The van der Waals surface area contributed by atoms with Gasteiger partial charge in [-0.1, -0.05) is 24.3 Å². The highest BCUT2D eigenvalue weighted by Crippen LogP contribution is 2.20. The molecule has 2 saturated heterocycles. The average Bonchev–Trinajstić information content (AvgIpc) is 3.07. The summed E-state index contributed by atoms with van der Waals surface area (Å²) >= 11 is 2.04. The van der Waals surface area contributed by atoms with Gasteiger partial charge in [0.15, 0.2) is 0 Å². The Balaban J connectivity index is 1.53. The van der Waals surface area contributed by atoms with Gasteiger partial charge in [0.1, 0.15) is 0 Å². The first kappa shape index (κ1) is 16.8. The van der Waals surface area contributed by atoms with E-state index in [1.165, 1.54) is 29.1 Å².